The smallest absolute Gasteiger partial charge is 0.253 e. The van der Waals surface area contributed by atoms with Gasteiger partial charge in [-0.2, -0.15) is 0 Å². The van der Waals surface area contributed by atoms with E-state index in [0.29, 0.717) is 0 Å². The first kappa shape index (κ1) is 12.2. The summed E-state index contributed by atoms with van der Waals surface area (Å²) < 4.78 is 0. The standard InChI is InChI=1S/C12H16BrNO/c1-2-9-14(10-8-13)12(15)11-6-4-3-5-7-11/h3-7H,2,8-10H2,1H3. The second-order valence-corrected chi connectivity index (χ2v) is 4.14. The second kappa shape index (κ2) is 6.62. The van der Waals surface area contributed by atoms with Crippen LogP contribution >= 0.6 is 15.9 Å². The molecule has 0 aliphatic carbocycles. The molecule has 1 aromatic carbocycles. The van der Waals surface area contributed by atoms with Crippen molar-refractivity contribution in [2.75, 3.05) is 18.4 Å². The largest absolute Gasteiger partial charge is 0.338 e. The van der Waals surface area contributed by atoms with Gasteiger partial charge in [-0.3, -0.25) is 4.79 Å². The third kappa shape index (κ3) is 3.67. The molecule has 0 saturated carbocycles. The zero-order valence-corrected chi connectivity index (χ0v) is 10.5. The van der Waals surface area contributed by atoms with Crippen LogP contribution in [0.3, 0.4) is 0 Å². The molecule has 1 aromatic rings. The fraction of sp³-hybridized carbons (Fsp3) is 0.417. The fourth-order valence-electron chi connectivity index (χ4n) is 1.45. The van der Waals surface area contributed by atoms with Gasteiger partial charge in [0.05, 0.1) is 0 Å². The molecule has 3 heteroatoms. The molecule has 0 fully saturated rings. The summed E-state index contributed by atoms with van der Waals surface area (Å²) in [5.74, 6) is 0.122. The number of rotatable bonds is 5. The zero-order valence-electron chi connectivity index (χ0n) is 8.95. The van der Waals surface area contributed by atoms with E-state index in [1.807, 2.05) is 35.2 Å². The van der Waals surface area contributed by atoms with E-state index in [4.69, 9.17) is 0 Å². The van der Waals surface area contributed by atoms with Crippen molar-refractivity contribution in [2.45, 2.75) is 13.3 Å². The summed E-state index contributed by atoms with van der Waals surface area (Å²) in [7, 11) is 0. The molecule has 82 valence electrons. The van der Waals surface area contributed by atoms with Gasteiger partial charge < -0.3 is 4.90 Å². The van der Waals surface area contributed by atoms with Gasteiger partial charge >= 0.3 is 0 Å². The van der Waals surface area contributed by atoms with Gasteiger partial charge in [0.2, 0.25) is 0 Å². The van der Waals surface area contributed by atoms with Crippen molar-refractivity contribution >= 4 is 21.8 Å². The minimum Gasteiger partial charge on any atom is -0.338 e. The molecular weight excluding hydrogens is 254 g/mol. The topological polar surface area (TPSA) is 20.3 Å². The Morgan fingerprint density at radius 1 is 1.27 bits per heavy atom. The highest BCUT2D eigenvalue weighted by atomic mass is 79.9. The summed E-state index contributed by atoms with van der Waals surface area (Å²) in [6.07, 6.45) is 0.992. The van der Waals surface area contributed by atoms with Crippen molar-refractivity contribution < 1.29 is 4.79 Å². The third-order valence-corrected chi connectivity index (χ3v) is 2.51. The van der Waals surface area contributed by atoms with Gasteiger partial charge in [-0.15, -0.1) is 0 Å². The average Bonchev–Trinajstić information content (AvgIpc) is 2.29. The van der Waals surface area contributed by atoms with E-state index in [-0.39, 0.29) is 5.91 Å². The van der Waals surface area contributed by atoms with Crippen LogP contribution in [0.2, 0.25) is 0 Å². The molecule has 0 unspecified atom stereocenters. The molecular formula is C12H16BrNO. The lowest BCUT2D eigenvalue weighted by molar-refractivity contribution is 0.0766. The lowest BCUT2D eigenvalue weighted by Crippen LogP contribution is -2.33. The van der Waals surface area contributed by atoms with E-state index in [0.717, 1.165) is 30.4 Å². The number of alkyl halides is 1. The highest BCUT2D eigenvalue weighted by Crippen LogP contribution is 2.05. The Morgan fingerprint density at radius 3 is 2.47 bits per heavy atom. The molecule has 0 saturated heterocycles. The van der Waals surface area contributed by atoms with Gasteiger partial charge in [0, 0.05) is 24.0 Å². The predicted molar refractivity (Wildman–Crippen MR) is 66.4 cm³/mol. The van der Waals surface area contributed by atoms with Crippen LogP contribution < -0.4 is 0 Å². The van der Waals surface area contributed by atoms with Gasteiger partial charge in [0.15, 0.2) is 0 Å². The molecule has 1 rings (SSSR count). The Hall–Kier alpha value is -0.830. The van der Waals surface area contributed by atoms with Crippen molar-refractivity contribution in [3.05, 3.63) is 35.9 Å². The molecule has 1 amide bonds. The predicted octanol–water partition coefficient (Wildman–Crippen LogP) is 2.93. The molecule has 2 nitrogen and oxygen atoms in total. The number of benzene rings is 1. The lowest BCUT2D eigenvalue weighted by atomic mass is 10.2. The Labute approximate surface area is 99.4 Å². The van der Waals surface area contributed by atoms with Crippen molar-refractivity contribution in [1.82, 2.24) is 4.90 Å². The first-order valence-electron chi connectivity index (χ1n) is 5.20. The van der Waals surface area contributed by atoms with Crippen LogP contribution in [-0.4, -0.2) is 29.2 Å². The maximum atomic E-state index is 12.0. The molecule has 0 aliphatic rings. The zero-order chi connectivity index (χ0) is 11.1. The molecule has 0 radical (unpaired) electrons. The Kier molecular flexibility index (Phi) is 5.40. The van der Waals surface area contributed by atoms with Gasteiger partial charge in [-0.25, -0.2) is 0 Å². The summed E-state index contributed by atoms with van der Waals surface area (Å²) in [6.45, 7) is 3.67. The summed E-state index contributed by atoms with van der Waals surface area (Å²) in [5.41, 5.74) is 0.770. The van der Waals surface area contributed by atoms with Gasteiger partial charge in [-0.1, -0.05) is 41.1 Å². The van der Waals surface area contributed by atoms with Crippen LogP contribution in [0.1, 0.15) is 23.7 Å². The number of carbonyl (C=O) groups is 1. The minimum absolute atomic E-state index is 0.122. The maximum absolute atomic E-state index is 12.0. The molecule has 0 aliphatic heterocycles. The molecule has 0 N–H and O–H groups in total. The van der Waals surface area contributed by atoms with E-state index in [1.165, 1.54) is 0 Å². The quantitative estimate of drug-likeness (QED) is 0.753. The molecule has 15 heavy (non-hydrogen) atoms. The lowest BCUT2D eigenvalue weighted by Gasteiger charge is -2.20. The van der Waals surface area contributed by atoms with Crippen molar-refractivity contribution in [2.24, 2.45) is 0 Å². The molecule has 0 aromatic heterocycles. The minimum atomic E-state index is 0.122. The normalized spacial score (nSPS) is 10.0. The highest BCUT2D eigenvalue weighted by Gasteiger charge is 2.13. The number of hydrogen-bond donors (Lipinski definition) is 0. The Bertz CT molecular complexity index is 294. The molecule has 0 heterocycles. The van der Waals surface area contributed by atoms with Crippen molar-refractivity contribution in [3.63, 3.8) is 0 Å². The van der Waals surface area contributed by atoms with E-state index in [1.54, 1.807) is 0 Å². The first-order valence-corrected chi connectivity index (χ1v) is 6.32. The fourth-order valence-corrected chi connectivity index (χ4v) is 1.88. The number of carbonyl (C=O) groups excluding carboxylic acids is 1. The Morgan fingerprint density at radius 2 is 1.93 bits per heavy atom. The van der Waals surface area contributed by atoms with E-state index in [9.17, 15) is 4.79 Å². The maximum Gasteiger partial charge on any atom is 0.253 e. The van der Waals surface area contributed by atoms with Crippen molar-refractivity contribution in [3.8, 4) is 0 Å². The van der Waals surface area contributed by atoms with E-state index >= 15 is 0 Å². The van der Waals surface area contributed by atoms with Crippen LogP contribution in [-0.2, 0) is 0 Å². The average molecular weight is 270 g/mol. The Balaban J connectivity index is 2.71. The number of amides is 1. The molecule has 0 bridgehead atoms. The van der Waals surface area contributed by atoms with Gasteiger partial charge in [-0.05, 0) is 18.6 Å². The van der Waals surface area contributed by atoms with Crippen LogP contribution in [0.4, 0.5) is 0 Å². The van der Waals surface area contributed by atoms with E-state index < -0.39 is 0 Å². The second-order valence-electron chi connectivity index (χ2n) is 3.35. The van der Waals surface area contributed by atoms with Crippen LogP contribution in [0.15, 0.2) is 30.3 Å². The first-order chi connectivity index (χ1) is 7.29. The SMILES string of the molecule is CCCN(CCBr)C(=O)c1ccccc1. The van der Waals surface area contributed by atoms with Gasteiger partial charge in [0.25, 0.3) is 5.91 Å². The van der Waals surface area contributed by atoms with Gasteiger partial charge in [0.1, 0.15) is 0 Å². The summed E-state index contributed by atoms with van der Waals surface area (Å²) in [4.78, 5) is 13.9. The van der Waals surface area contributed by atoms with Crippen molar-refractivity contribution in [1.29, 1.82) is 0 Å². The number of nitrogens with zero attached hydrogens (tertiary/aromatic N) is 1. The highest BCUT2D eigenvalue weighted by molar-refractivity contribution is 9.09. The monoisotopic (exact) mass is 269 g/mol. The summed E-state index contributed by atoms with van der Waals surface area (Å²) in [5, 5.41) is 0.825. The summed E-state index contributed by atoms with van der Waals surface area (Å²) >= 11 is 3.37. The molecule has 0 spiro atoms. The third-order valence-electron chi connectivity index (χ3n) is 2.16. The summed E-state index contributed by atoms with van der Waals surface area (Å²) in [6, 6.07) is 9.43. The van der Waals surface area contributed by atoms with Crippen LogP contribution in [0, 0.1) is 0 Å². The number of hydrogen-bond acceptors (Lipinski definition) is 1. The van der Waals surface area contributed by atoms with Crippen LogP contribution in [0.25, 0.3) is 0 Å². The molecule has 0 atom stereocenters. The van der Waals surface area contributed by atoms with E-state index in [2.05, 4.69) is 22.9 Å². The van der Waals surface area contributed by atoms with Crippen LogP contribution in [0.5, 0.6) is 0 Å². The number of halogens is 1.